The van der Waals surface area contributed by atoms with Crippen LogP contribution in [0, 0.1) is 5.92 Å². The molecule has 0 saturated carbocycles. The van der Waals surface area contributed by atoms with Gasteiger partial charge in [0.05, 0.1) is 5.69 Å². The van der Waals surface area contributed by atoms with Crippen molar-refractivity contribution < 1.29 is 4.79 Å². The second-order valence-corrected chi connectivity index (χ2v) is 5.67. The highest BCUT2D eigenvalue weighted by Crippen LogP contribution is 2.20. The number of piperidine rings is 1. The summed E-state index contributed by atoms with van der Waals surface area (Å²) in [6, 6.07) is 0. The Morgan fingerprint density at radius 1 is 1.71 bits per heavy atom. The van der Waals surface area contributed by atoms with Gasteiger partial charge in [0, 0.05) is 25.4 Å². The fourth-order valence-corrected chi connectivity index (χ4v) is 2.99. The number of nitrogens with one attached hydrogen (secondary N) is 1. The first-order valence-electron chi connectivity index (χ1n) is 6.08. The molecule has 1 aromatic rings. The molecule has 0 radical (unpaired) electrons. The molecule has 1 fully saturated rings. The predicted octanol–water partition coefficient (Wildman–Crippen LogP) is 2.33. The molecule has 1 saturated heterocycles. The van der Waals surface area contributed by atoms with E-state index in [0.29, 0.717) is 5.13 Å². The van der Waals surface area contributed by atoms with Gasteiger partial charge in [0.2, 0.25) is 5.91 Å². The van der Waals surface area contributed by atoms with Crippen molar-refractivity contribution >= 4 is 22.4 Å². The Morgan fingerprint density at radius 2 is 2.53 bits per heavy atom. The Hall–Kier alpha value is -0.940. The number of likely N-dealkylation sites (tertiary alicyclic amines) is 1. The first-order chi connectivity index (χ1) is 8.13. The molecule has 1 aliphatic rings. The van der Waals surface area contributed by atoms with Crippen LogP contribution < -0.4 is 5.32 Å². The van der Waals surface area contributed by atoms with Crippen molar-refractivity contribution in [3.8, 4) is 0 Å². The third-order valence-electron chi connectivity index (χ3n) is 2.96. The Morgan fingerprint density at radius 3 is 3.24 bits per heavy atom. The molecule has 17 heavy (non-hydrogen) atoms. The molecule has 0 spiro atoms. The summed E-state index contributed by atoms with van der Waals surface area (Å²) in [6.45, 7) is 7.04. The zero-order valence-electron chi connectivity index (χ0n) is 10.4. The van der Waals surface area contributed by atoms with Crippen LogP contribution in [-0.2, 0) is 11.3 Å². The molecule has 0 aromatic carbocycles. The van der Waals surface area contributed by atoms with Gasteiger partial charge in [0.25, 0.3) is 0 Å². The Balaban J connectivity index is 1.89. The maximum absolute atomic E-state index is 10.9. The Kier molecular flexibility index (Phi) is 4.12. The van der Waals surface area contributed by atoms with E-state index in [1.807, 2.05) is 5.38 Å². The van der Waals surface area contributed by atoms with E-state index in [1.54, 1.807) is 0 Å². The maximum Gasteiger partial charge on any atom is 0.223 e. The van der Waals surface area contributed by atoms with E-state index < -0.39 is 0 Å². The SMILES string of the molecule is CC(=O)Nc1nc(CN2CCC[C@@H](C)C2)cs1. The third-order valence-corrected chi connectivity index (χ3v) is 3.77. The lowest BCUT2D eigenvalue weighted by atomic mass is 10.0. The van der Waals surface area contributed by atoms with Crippen molar-refractivity contribution in [3.05, 3.63) is 11.1 Å². The molecular formula is C12H19N3OS. The van der Waals surface area contributed by atoms with E-state index in [4.69, 9.17) is 0 Å². The van der Waals surface area contributed by atoms with Gasteiger partial charge in [-0.1, -0.05) is 6.92 Å². The summed E-state index contributed by atoms with van der Waals surface area (Å²) in [6.07, 6.45) is 2.62. The number of rotatable bonds is 3. The number of thiazole rings is 1. The molecule has 0 bridgehead atoms. The van der Waals surface area contributed by atoms with E-state index in [2.05, 4.69) is 22.1 Å². The van der Waals surface area contributed by atoms with Crippen LogP contribution in [0.3, 0.4) is 0 Å². The van der Waals surface area contributed by atoms with Gasteiger partial charge in [-0.15, -0.1) is 11.3 Å². The summed E-state index contributed by atoms with van der Waals surface area (Å²) in [4.78, 5) is 17.8. The molecule has 4 nitrogen and oxygen atoms in total. The lowest BCUT2D eigenvalue weighted by Gasteiger charge is -2.30. The second-order valence-electron chi connectivity index (χ2n) is 4.81. The number of nitrogens with zero attached hydrogens (tertiary/aromatic N) is 2. The Bertz CT molecular complexity index is 391. The fraction of sp³-hybridized carbons (Fsp3) is 0.667. The molecule has 1 atom stereocenters. The van der Waals surface area contributed by atoms with Crippen molar-refractivity contribution in [2.24, 2.45) is 5.92 Å². The van der Waals surface area contributed by atoms with Crippen molar-refractivity contribution in [2.75, 3.05) is 18.4 Å². The number of anilines is 1. The molecule has 0 unspecified atom stereocenters. The largest absolute Gasteiger partial charge is 0.302 e. The van der Waals surface area contributed by atoms with E-state index in [9.17, 15) is 4.79 Å². The molecule has 1 amide bonds. The molecule has 2 heterocycles. The minimum absolute atomic E-state index is 0.0579. The van der Waals surface area contributed by atoms with Crippen LogP contribution in [0.25, 0.3) is 0 Å². The van der Waals surface area contributed by atoms with Crippen molar-refractivity contribution in [3.63, 3.8) is 0 Å². The van der Waals surface area contributed by atoms with Crippen LogP contribution >= 0.6 is 11.3 Å². The topological polar surface area (TPSA) is 45.2 Å². The summed E-state index contributed by atoms with van der Waals surface area (Å²) >= 11 is 1.50. The van der Waals surface area contributed by atoms with Gasteiger partial charge in [0.1, 0.15) is 0 Å². The summed E-state index contributed by atoms with van der Waals surface area (Å²) < 4.78 is 0. The van der Waals surface area contributed by atoms with E-state index in [1.165, 1.54) is 31.1 Å². The first kappa shape index (κ1) is 12.5. The molecule has 0 aliphatic carbocycles. The molecule has 1 aromatic heterocycles. The molecular weight excluding hydrogens is 234 g/mol. The number of hydrogen-bond donors (Lipinski definition) is 1. The van der Waals surface area contributed by atoms with Gasteiger partial charge in [-0.05, 0) is 25.3 Å². The van der Waals surface area contributed by atoms with Gasteiger partial charge < -0.3 is 5.32 Å². The van der Waals surface area contributed by atoms with Gasteiger partial charge in [-0.25, -0.2) is 4.98 Å². The zero-order chi connectivity index (χ0) is 12.3. The summed E-state index contributed by atoms with van der Waals surface area (Å²) in [7, 11) is 0. The van der Waals surface area contributed by atoms with Gasteiger partial charge in [0.15, 0.2) is 5.13 Å². The maximum atomic E-state index is 10.9. The molecule has 1 aliphatic heterocycles. The van der Waals surface area contributed by atoms with E-state index in [0.717, 1.165) is 31.2 Å². The lowest BCUT2D eigenvalue weighted by Crippen LogP contribution is -2.33. The molecule has 5 heteroatoms. The average molecular weight is 253 g/mol. The third kappa shape index (κ3) is 3.78. The fourth-order valence-electron chi connectivity index (χ4n) is 2.25. The van der Waals surface area contributed by atoms with Crippen LogP contribution in [0.2, 0.25) is 0 Å². The van der Waals surface area contributed by atoms with Crippen LogP contribution in [-0.4, -0.2) is 28.9 Å². The first-order valence-corrected chi connectivity index (χ1v) is 6.96. The quantitative estimate of drug-likeness (QED) is 0.899. The normalized spacial score (nSPS) is 21.4. The summed E-state index contributed by atoms with van der Waals surface area (Å²) in [5, 5.41) is 5.46. The van der Waals surface area contributed by atoms with Crippen LogP contribution in [0.4, 0.5) is 5.13 Å². The molecule has 1 N–H and O–H groups in total. The number of carbonyl (C=O) groups is 1. The smallest absolute Gasteiger partial charge is 0.223 e. The minimum atomic E-state index is -0.0579. The predicted molar refractivity (Wildman–Crippen MR) is 70.1 cm³/mol. The average Bonchev–Trinajstić information content (AvgIpc) is 2.64. The van der Waals surface area contributed by atoms with Crippen LogP contribution in [0.5, 0.6) is 0 Å². The highest BCUT2D eigenvalue weighted by Gasteiger charge is 2.17. The van der Waals surface area contributed by atoms with Gasteiger partial charge >= 0.3 is 0 Å². The minimum Gasteiger partial charge on any atom is -0.302 e. The molecule has 94 valence electrons. The number of hydrogen-bond acceptors (Lipinski definition) is 4. The summed E-state index contributed by atoms with van der Waals surface area (Å²) in [5.74, 6) is 0.731. The Labute approximate surface area is 106 Å². The van der Waals surface area contributed by atoms with Gasteiger partial charge in [-0.3, -0.25) is 9.69 Å². The van der Waals surface area contributed by atoms with Crippen LogP contribution in [0.1, 0.15) is 32.4 Å². The van der Waals surface area contributed by atoms with Crippen molar-refractivity contribution in [1.29, 1.82) is 0 Å². The number of aromatic nitrogens is 1. The second kappa shape index (κ2) is 5.60. The summed E-state index contributed by atoms with van der Waals surface area (Å²) in [5.41, 5.74) is 1.06. The van der Waals surface area contributed by atoms with Crippen molar-refractivity contribution in [1.82, 2.24) is 9.88 Å². The van der Waals surface area contributed by atoms with Gasteiger partial charge in [-0.2, -0.15) is 0 Å². The monoisotopic (exact) mass is 253 g/mol. The zero-order valence-corrected chi connectivity index (χ0v) is 11.2. The highest BCUT2D eigenvalue weighted by molar-refractivity contribution is 7.13. The van der Waals surface area contributed by atoms with Crippen molar-refractivity contribution in [2.45, 2.75) is 33.2 Å². The standard InChI is InChI=1S/C12H19N3OS/c1-9-4-3-5-15(6-9)7-11-8-17-12(14-11)13-10(2)16/h8-9H,3-7H2,1-2H3,(H,13,14,16)/t9-/m1/s1. The van der Waals surface area contributed by atoms with E-state index >= 15 is 0 Å². The van der Waals surface area contributed by atoms with Crippen LogP contribution in [0.15, 0.2) is 5.38 Å². The lowest BCUT2D eigenvalue weighted by molar-refractivity contribution is -0.114. The number of carbonyl (C=O) groups excluding carboxylic acids is 1. The van der Waals surface area contributed by atoms with E-state index in [-0.39, 0.29) is 5.91 Å². The highest BCUT2D eigenvalue weighted by atomic mass is 32.1. The molecule has 2 rings (SSSR count). The number of amides is 1.